The molecule has 4 rings (SSSR count). The van der Waals surface area contributed by atoms with Crippen molar-refractivity contribution in [2.24, 2.45) is 0 Å². The van der Waals surface area contributed by atoms with Gasteiger partial charge in [0.2, 0.25) is 0 Å². The van der Waals surface area contributed by atoms with E-state index in [1.807, 2.05) is 6.07 Å². The summed E-state index contributed by atoms with van der Waals surface area (Å²) in [5.41, 5.74) is 0.805. The van der Waals surface area contributed by atoms with E-state index in [1.165, 1.54) is 38.5 Å². The van der Waals surface area contributed by atoms with Gasteiger partial charge in [-0.25, -0.2) is 0 Å². The number of rotatable bonds is 3. The van der Waals surface area contributed by atoms with Gasteiger partial charge in [-0.05, 0) is 44.9 Å². The quantitative estimate of drug-likeness (QED) is 0.867. The molecule has 6 nitrogen and oxygen atoms in total. The van der Waals surface area contributed by atoms with Gasteiger partial charge in [0, 0.05) is 25.2 Å². The molecule has 1 aliphatic heterocycles. The van der Waals surface area contributed by atoms with Crippen LogP contribution >= 0.6 is 0 Å². The number of anilines is 1. The predicted octanol–water partition coefficient (Wildman–Crippen LogP) is 1.97. The summed E-state index contributed by atoms with van der Waals surface area (Å²) in [6.45, 7) is 2.17. The van der Waals surface area contributed by atoms with Crippen molar-refractivity contribution in [2.45, 2.75) is 50.6 Å². The van der Waals surface area contributed by atoms with Crippen LogP contribution in [-0.4, -0.2) is 56.9 Å². The Morgan fingerprint density at radius 2 is 1.77 bits per heavy atom. The highest BCUT2D eigenvalue weighted by Crippen LogP contribution is 2.28. The molecule has 1 saturated carbocycles. The first-order valence-electron chi connectivity index (χ1n) is 8.45. The highest BCUT2D eigenvalue weighted by atomic mass is 15.4. The molecule has 3 heterocycles. The minimum Gasteiger partial charge on any atom is -0.355 e. The summed E-state index contributed by atoms with van der Waals surface area (Å²) < 4.78 is 1.76. The summed E-state index contributed by atoms with van der Waals surface area (Å²) in [5, 5.41) is 12.5. The van der Waals surface area contributed by atoms with E-state index in [4.69, 9.17) is 0 Å². The molecule has 2 aromatic rings. The van der Waals surface area contributed by atoms with Gasteiger partial charge >= 0.3 is 0 Å². The van der Waals surface area contributed by atoms with E-state index in [0.29, 0.717) is 0 Å². The van der Waals surface area contributed by atoms with Gasteiger partial charge < -0.3 is 9.80 Å². The van der Waals surface area contributed by atoms with E-state index < -0.39 is 0 Å². The molecule has 1 aliphatic carbocycles. The minimum absolute atomic E-state index is 0.734. The van der Waals surface area contributed by atoms with Crippen LogP contribution in [0.1, 0.15) is 38.5 Å². The molecular weight excluding hydrogens is 276 g/mol. The van der Waals surface area contributed by atoms with E-state index in [1.54, 1.807) is 10.8 Å². The first kappa shape index (κ1) is 13.9. The monoisotopic (exact) mass is 300 g/mol. The molecule has 22 heavy (non-hydrogen) atoms. The fraction of sp³-hybridized carbons (Fsp3) is 0.688. The maximum absolute atomic E-state index is 4.61. The zero-order valence-corrected chi connectivity index (χ0v) is 13.2. The summed E-state index contributed by atoms with van der Waals surface area (Å²) in [7, 11) is 2.33. The molecule has 6 heteroatoms. The van der Waals surface area contributed by atoms with Crippen molar-refractivity contribution in [1.82, 2.24) is 24.7 Å². The fourth-order valence-corrected chi connectivity index (χ4v) is 4.00. The lowest BCUT2D eigenvalue weighted by molar-refractivity contribution is 0.150. The molecule has 2 aliphatic rings. The van der Waals surface area contributed by atoms with E-state index in [2.05, 4.69) is 38.2 Å². The number of piperidine rings is 1. The molecule has 0 aromatic carbocycles. The van der Waals surface area contributed by atoms with Gasteiger partial charge in [-0.15, -0.1) is 15.3 Å². The lowest BCUT2D eigenvalue weighted by Gasteiger charge is -2.39. The first-order chi connectivity index (χ1) is 10.8. The molecule has 2 fully saturated rings. The normalized spacial score (nSPS) is 21.3. The van der Waals surface area contributed by atoms with Crippen LogP contribution in [0.5, 0.6) is 0 Å². The van der Waals surface area contributed by atoms with Crippen molar-refractivity contribution in [2.75, 3.05) is 25.0 Å². The van der Waals surface area contributed by atoms with Crippen molar-refractivity contribution in [3.63, 3.8) is 0 Å². The van der Waals surface area contributed by atoms with Crippen molar-refractivity contribution < 1.29 is 0 Å². The third kappa shape index (κ3) is 2.56. The molecule has 2 aromatic heterocycles. The van der Waals surface area contributed by atoms with Gasteiger partial charge in [0.15, 0.2) is 5.65 Å². The van der Waals surface area contributed by atoms with Crippen LogP contribution in [-0.2, 0) is 0 Å². The Labute approximate surface area is 131 Å². The van der Waals surface area contributed by atoms with E-state index in [9.17, 15) is 0 Å². The second kappa shape index (κ2) is 5.83. The first-order valence-corrected chi connectivity index (χ1v) is 8.45. The van der Waals surface area contributed by atoms with Crippen LogP contribution in [0.25, 0.3) is 5.65 Å². The second-order valence-corrected chi connectivity index (χ2v) is 6.65. The molecular formula is C16H24N6. The molecule has 0 bridgehead atoms. The maximum Gasteiger partial charge on any atom is 0.177 e. The zero-order chi connectivity index (χ0) is 14.9. The van der Waals surface area contributed by atoms with Crippen molar-refractivity contribution in [3.05, 3.63) is 18.5 Å². The maximum atomic E-state index is 4.61. The minimum atomic E-state index is 0.734. The van der Waals surface area contributed by atoms with E-state index in [0.717, 1.165) is 36.6 Å². The van der Waals surface area contributed by atoms with Crippen LogP contribution in [0.3, 0.4) is 0 Å². The van der Waals surface area contributed by atoms with Crippen LogP contribution in [0.4, 0.5) is 5.82 Å². The molecule has 0 atom stereocenters. The Morgan fingerprint density at radius 3 is 2.55 bits per heavy atom. The van der Waals surface area contributed by atoms with Crippen LogP contribution < -0.4 is 4.90 Å². The number of aromatic nitrogens is 4. The molecule has 0 unspecified atom stereocenters. The average molecular weight is 300 g/mol. The third-order valence-corrected chi connectivity index (χ3v) is 5.41. The Kier molecular flexibility index (Phi) is 3.70. The van der Waals surface area contributed by atoms with Crippen molar-refractivity contribution in [1.29, 1.82) is 0 Å². The molecule has 0 radical (unpaired) electrons. The lowest BCUT2D eigenvalue weighted by atomic mass is 10.0. The Hall–Kier alpha value is -1.69. The Bertz CT molecular complexity index is 624. The molecule has 118 valence electrons. The third-order valence-electron chi connectivity index (χ3n) is 5.41. The van der Waals surface area contributed by atoms with Crippen LogP contribution in [0.2, 0.25) is 0 Å². The van der Waals surface area contributed by atoms with E-state index in [-0.39, 0.29) is 0 Å². The standard InChI is InChI=1S/C16H24N6/c1-20(13-4-2-3-5-13)14-8-10-21(11-9-14)16-7-6-15-18-17-12-22(15)19-16/h6-7,12-14H,2-5,8-11H2,1H3. The molecule has 0 spiro atoms. The summed E-state index contributed by atoms with van der Waals surface area (Å²) in [5.74, 6) is 1.04. The Balaban J connectivity index is 1.40. The molecule has 0 amide bonds. The molecule has 0 N–H and O–H groups in total. The van der Waals surface area contributed by atoms with Gasteiger partial charge in [0.05, 0.1) is 0 Å². The van der Waals surface area contributed by atoms with Crippen molar-refractivity contribution >= 4 is 11.5 Å². The van der Waals surface area contributed by atoms with Crippen LogP contribution in [0.15, 0.2) is 18.5 Å². The summed E-state index contributed by atoms with van der Waals surface area (Å²) >= 11 is 0. The van der Waals surface area contributed by atoms with Crippen molar-refractivity contribution in [3.8, 4) is 0 Å². The number of nitrogens with zero attached hydrogens (tertiary/aromatic N) is 6. The number of hydrogen-bond acceptors (Lipinski definition) is 5. The van der Waals surface area contributed by atoms with Crippen LogP contribution in [0, 0.1) is 0 Å². The molecule has 1 saturated heterocycles. The SMILES string of the molecule is CN(C1CCCC1)C1CCN(c2ccc3nncn3n2)CC1. The number of hydrogen-bond donors (Lipinski definition) is 0. The van der Waals surface area contributed by atoms with Gasteiger partial charge in [-0.3, -0.25) is 0 Å². The van der Waals surface area contributed by atoms with Gasteiger partial charge in [0.1, 0.15) is 12.1 Å². The van der Waals surface area contributed by atoms with Gasteiger partial charge in [0.25, 0.3) is 0 Å². The average Bonchev–Trinajstić information content (AvgIpc) is 3.25. The second-order valence-electron chi connectivity index (χ2n) is 6.65. The lowest BCUT2D eigenvalue weighted by Crippen LogP contribution is -2.46. The fourth-order valence-electron chi connectivity index (χ4n) is 4.00. The topological polar surface area (TPSA) is 49.6 Å². The number of fused-ring (bicyclic) bond motifs is 1. The zero-order valence-electron chi connectivity index (χ0n) is 13.2. The summed E-state index contributed by atoms with van der Waals surface area (Å²) in [6, 6.07) is 5.61. The highest BCUT2D eigenvalue weighted by molar-refractivity contribution is 5.45. The highest BCUT2D eigenvalue weighted by Gasteiger charge is 2.29. The smallest absolute Gasteiger partial charge is 0.177 e. The summed E-state index contributed by atoms with van der Waals surface area (Å²) in [4.78, 5) is 5.04. The summed E-state index contributed by atoms with van der Waals surface area (Å²) in [6.07, 6.45) is 9.74. The Morgan fingerprint density at radius 1 is 1.05 bits per heavy atom. The van der Waals surface area contributed by atoms with Gasteiger partial charge in [-0.2, -0.15) is 4.52 Å². The van der Waals surface area contributed by atoms with Gasteiger partial charge in [-0.1, -0.05) is 12.8 Å². The van der Waals surface area contributed by atoms with E-state index >= 15 is 0 Å². The largest absolute Gasteiger partial charge is 0.355 e. The predicted molar refractivity (Wildman–Crippen MR) is 86.0 cm³/mol.